The van der Waals surface area contributed by atoms with Crippen LogP contribution in [0.25, 0.3) is 0 Å². The smallest absolute Gasteiger partial charge is 0.286 e. The van der Waals surface area contributed by atoms with E-state index in [4.69, 9.17) is 10.8 Å². The van der Waals surface area contributed by atoms with Crippen LogP contribution in [0.1, 0.15) is 0 Å². The van der Waals surface area contributed by atoms with E-state index in [1.54, 1.807) is 12.2 Å². The van der Waals surface area contributed by atoms with Gasteiger partial charge in [0.05, 0.1) is 6.26 Å². The van der Waals surface area contributed by atoms with E-state index in [1.165, 1.54) is 12.3 Å². The first-order chi connectivity index (χ1) is 3.71. The fourth-order valence-corrected chi connectivity index (χ4v) is 0.426. The fourth-order valence-electron chi connectivity index (χ4n) is 0.426. The van der Waals surface area contributed by atoms with Crippen molar-refractivity contribution in [1.29, 1.82) is 0 Å². The quantitative estimate of drug-likeness (QED) is 0.424. The summed E-state index contributed by atoms with van der Waals surface area (Å²) in [7, 11) is 0. The molecule has 0 fully saturated rings. The SMILES string of the molecule is NC1(O)C=CC=CO1. The van der Waals surface area contributed by atoms with Crippen LogP contribution in [-0.2, 0) is 4.74 Å². The highest BCUT2D eigenvalue weighted by Crippen LogP contribution is 2.05. The van der Waals surface area contributed by atoms with Crippen LogP contribution < -0.4 is 5.73 Å². The summed E-state index contributed by atoms with van der Waals surface area (Å²) in [6, 6.07) is 0. The summed E-state index contributed by atoms with van der Waals surface area (Å²) >= 11 is 0. The lowest BCUT2D eigenvalue weighted by Gasteiger charge is -2.19. The number of aliphatic hydroxyl groups is 1. The second kappa shape index (κ2) is 1.61. The minimum atomic E-state index is -1.59. The number of nitrogens with two attached hydrogens (primary N) is 1. The molecule has 1 atom stereocenters. The van der Waals surface area contributed by atoms with Crippen LogP contribution in [0.4, 0.5) is 0 Å². The predicted molar refractivity (Wildman–Crippen MR) is 28.5 cm³/mol. The van der Waals surface area contributed by atoms with Gasteiger partial charge in [-0.05, 0) is 6.08 Å². The summed E-state index contributed by atoms with van der Waals surface area (Å²) in [4.78, 5) is 0. The summed E-state index contributed by atoms with van der Waals surface area (Å²) < 4.78 is 4.53. The molecule has 1 aliphatic heterocycles. The summed E-state index contributed by atoms with van der Waals surface area (Å²) in [6.45, 7) is 0. The first-order valence-corrected chi connectivity index (χ1v) is 2.24. The normalized spacial score (nSPS) is 34.8. The summed E-state index contributed by atoms with van der Waals surface area (Å²) in [5, 5.41) is 8.79. The van der Waals surface area contributed by atoms with Crippen molar-refractivity contribution in [2.24, 2.45) is 5.73 Å². The van der Waals surface area contributed by atoms with Crippen LogP contribution in [0.2, 0.25) is 0 Å². The van der Waals surface area contributed by atoms with Gasteiger partial charge in [0.2, 0.25) is 0 Å². The third-order valence-electron chi connectivity index (χ3n) is 0.782. The molecule has 1 aliphatic rings. The molecule has 0 aromatic rings. The maximum Gasteiger partial charge on any atom is 0.286 e. The number of ether oxygens (including phenoxy) is 1. The lowest BCUT2D eigenvalue weighted by atomic mass is 10.4. The first kappa shape index (κ1) is 5.34. The molecular formula is C5H7NO2. The van der Waals surface area contributed by atoms with E-state index in [2.05, 4.69) is 4.74 Å². The molecule has 3 heteroatoms. The number of allylic oxidation sites excluding steroid dienone is 2. The first-order valence-electron chi connectivity index (χ1n) is 2.24. The van der Waals surface area contributed by atoms with E-state index < -0.39 is 5.91 Å². The molecule has 0 bridgehead atoms. The van der Waals surface area contributed by atoms with Crippen LogP contribution in [-0.4, -0.2) is 11.0 Å². The zero-order valence-corrected chi connectivity index (χ0v) is 4.24. The van der Waals surface area contributed by atoms with Crippen molar-refractivity contribution >= 4 is 0 Å². The molecule has 3 N–H and O–H groups in total. The van der Waals surface area contributed by atoms with E-state index >= 15 is 0 Å². The highest BCUT2D eigenvalue weighted by molar-refractivity contribution is 5.08. The van der Waals surface area contributed by atoms with Crippen LogP contribution in [0.3, 0.4) is 0 Å². The number of hydrogen-bond acceptors (Lipinski definition) is 3. The van der Waals surface area contributed by atoms with Gasteiger partial charge in [-0.1, -0.05) is 6.08 Å². The number of rotatable bonds is 0. The van der Waals surface area contributed by atoms with Crippen LogP contribution in [0, 0.1) is 0 Å². The van der Waals surface area contributed by atoms with Crippen molar-refractivity contribution in [1.82, 2.24) is 0 Å². The molecule has 0 saturated carbocycles. The van der Waals surface area contributed by atoms with Crippen LogP contribution >= 0.6 is 0 Å². The van der Waals surface area contributed by atoms with E-state index in [9.17, 15) is 0 Å². The second-order valence-electron chi connectivity index (χ2n) is 1.56. The Morgan fingerprint density at radius 1 is 1.50 bits per heavy atom. The minimum Gasteiger partial charge on any atom is -0.454 e. The lowest BCUT2D eigenvalue weighted by Crippen LogP contribution is -2.39. The Kier molecular flexibility index (Phi) is 1.08. The maximum atomic E-state index is 8.79. The molecule has 1 rings (SSSR count). The molecular weight excluding hydrogens is 106 g/mol. The summed E-state index contributed by atoms with van der Waals surface area (Å²) in [5.74, 6) is -1.59. The van der Waals surface area contributed by atoms with Crippen molar-refractivity contribution in [2.75, 3.05) is 0 Å². The predicted octanol–water partition coefficient (Wildman–Crippen LogP) is -0.309. The molecule has 0 saturated heterocycles. The maximum absolute atomic E-state index is 8.79. The molecule has 44 valence electrons. The van der Waals surface area contributed by atoms with Crippen molar-refractivity contribution in [3.05, 3.63) is 24.5 Å². The molecule has 1 heterocycles. The topological polar surface area (TPSA) is 55.5 Å². The van der Waals surface area contributed by atoms with Gasteiger partial charge in [-0.25, -0.2) is 0 Å². The zero-order chi connectivity index (χ0) is 6.04. The zero-order valence-electron chi connectivity index (χ0n) is 4.24. The largest absolute Gasteiger partial charge is 0.454 e. The van der Waals surface area contributed by atoms with Gasteiger partial charge in [0.25, 0.3) is 5.91 Å². The van der Waals surface area contributed by atoms with Crippen molar-refractivity contribution in [3.63, 3.8) is 0 Å². The lowest BCUT2D eigenvalue weighted by molar-refractivity contribution is -0.122. The van der Waals surface area contributed by atoms with E-state index in [-0.39, 0.29) is 0 Å². The summed E-state index contributed by atoms with van der Waals surface area (Å²) in [6.07, 6.45) is 5.94. The van der Waals surface area contributed by atoms with Crippen LogP contribution in [0.5, 0.6) is 0 Å². The highest BCUT2D eigenvalue weighted by Gasteiger charge is 2.16. The van der Waals surface area contributed by atoms with E-state index in [0.29, 0.717) is 0 Å². The average Bonchev–Trinajstić information content (AvgIpc) is 1.65. The Morgan fingerprint density at radius 2 is 2.25 bits per heavy atom. The van der Waals surface area contributed by atoms with E-state index in [0.717, 1.165) is 0 Å². The van der Waals surface area contributed by atoms with Gasteiger partial charge in [0.15, 0.2) is 0 Å². The Balaban J connectivity index is 2.65. The summed E-state index contributed by atoms with van der Waals surface area (Å²) in [5.41, 5.74) is 5.07. The Labute approximate surface area is 47.1 Å². The third kappa shape index (κ3) is 1.08. The van der Waals surface area contributed by atoms with Crippen molar-refractivity contribution in [3.8, 4) is 0 Å². The Bertz CT molecular complexity index is 137. The Hall–Kier alpha value is -0.800. The van der Waals surface area contributed by atoms with Gasteiger partial charge < -0.3 is 9.84 Å². The van der Waals surface area contributed by atoms with Gasteiger partial charge in [-0.15, -0.1) is 0 Å². The molecule has 8 heavy (non-hydrogen) atoms. The Morgan fingerprint density at radius 3 is 2.50 bits per heavy atom. The second-order valence-corrected chi connectivity index (χ2v) is 1.56. The minimum absolute atomic E-state index is 1.33. The van der Waals surface area contributed by atoms with Gasteiger partial charge in [0, 0.05) is 6.08 Å². The molecule has 3 nitrogen and oxygen atoms in total. The van der Waals surface area contributed by atoms with Gasteiger partial charge in [-0.3, -0.25) is 5.73 Å². The van der Waals surface area contributed by atoms with Crippen LogP contribution in [0.15, 0.2) is 24.5 Å². The average molecular weight is 113 g/mol. The fraction of sp³-hybridized carbons (Fsp3) is 0.200. The number of hydrogen-bond donors (Lipinski definition) is 2. The molecule has 0 aromatic carbocycles. The molecule has 0 aliphatic carbocycles. The van der Waals surface area contributed by atoms with E-state index in [1.807, 2.05) is 0 Å². The molecule has 0 aromatic heterocycles. The van der Waals surface area contributed by atoms with Crippen molar-refractivity contribution in [2.45, 2.75) is 5.91 Å². The van der Waals surface area contributed by atoms with Crippen molar-refractivity contribution < 1.29 is 9.84 Å². The molecule has 0 spiro atoms. The molecule has 1 unspecified atom stereocenters. The van der Waals surface area contributed by atoms with Gasteiger partial charge in [-0.2, -0.15) is 0 Å². The van der Waals surface area contributed by atoms with Gasteiger partial charge >= 0.3 is 0 Å². The monoisotopic (exact) mass is 113 g/mol. The van der Waals surface area contributed by atoms with Gasteiger partial charge in [0.1, 0.15) is 0 Å². The third-order valence-corrected chi connectivity index (χ3v) is 0.782. The molecule has 0 amide bonds. The highest BCUT2D eigenvalue weighted by atomic mass is 16.6. The molecule has 0 radical (unpaired) electrons. The standard InChI is InChI=1S/C5H7NO2/c6-5(7)3-1-2-4-8-5/h1-4,7H,6H2.